The normalized spacial score (nSPS) is 9.65. The molecule has 5 heteroatoms. The van der Waals surface area contributed by atoms with Crippen LogP contribution in [0, 0.1) is 0 Å². The standard InChI is InChI=1S/C15H20N2O3/c1-3-9-16-14(18)11-15(19)17-10-8-12-4-6-13(20-2)7-5-12/h3-7H,1,8-11H2,2H3,(H,16,18)(H,17,19). The lowest BCUT2D eigenvalue weighted by Gasteiger charge is -2.06. The Labute approximate surface area is 119 Å². The maximum absolute atomic E-state index is 11.5. The Kier molecular flexibility index (Phi) is 6.89. The van der Waals surface area contributed by atoms with E-state index in [-0.39, 0.29) is 18.2 Å². The van der Waals surface area contributed by atoms with Gasteiger partial charge in [0.05, 0.1) is 7.11 Å². The average molecular weight is 276 g/mol. The minimum absolute atomic E-state index is 0.156. The second-order valence-electron chi connectivity index (χ2n) is 4.22. The summed E-state index contributed by atoms with van der Waals surface area (Å²) >= 11 is 0. The van der Waals surface area contributed by atoms with Gasteiger partial charge in [-0.3, -0.25) is 9.59 Å². The molecule has 0 aliphatic rings. The van der Waals surface area contributed by atoms with Crippen molar-refractivity contribution in [1.82, 2.24) is 10.6 Å². The molecule has 2 amide bonds. The fourth-order valence-electron chi connectivity index (χ4n) is 1.60. The molecule has 5 nitrogen and oxygen atoms in total. The second kappa shape index (κ2) is 8.74. The molecule has 0 spiro atoms. The molecule has 0 bridgehead atoms. The van der Waals surface area contributed by atoms with E-state index in [1.54, 1.807) is 13.2 Å². The number of nitrogens with one attached hydrogen (secondary N) is 2. The molecule has 0 aliphatic carbocycles. The first kappa shape index (κ1) is 15.8. The van der Waals surface area contributed by atoms with Crippen LogP contribution >= 0.6 is 0 Å². The van der Waals surface area contributed by atoms with E-state index in [1.807, 2.05) is 24.3 Å². The highest BCUT2D eigenvalue weighted by atomic mass is 16.5. The Morgan fingerprint density at radius 2 is 1.85 bits per heavy atom. The van der Waals surface area contributed by atoms with Crippen molar-refractivity contribution in [2.45, 2.75) is 12.8 Å². The van der Waals surface area contributed by atoms with Gasteiger partial charge >= 0.3 is 0 Å². The molecule has 0 saturated carbocycles. The predicted octanol–water partition coefficient (Wildman–Crippen LogP) is 1.05. The number of ether oxygens (including phenoxy) is 1. The van der Waals surface area contributed by atoms with Crippen molar-refractivity contribution >= 4 is 11.8 Å². The van der Waals surface area contributed by atoms with E-state index in [0.717, 1.165) is 11.3 Å². The first-order chi connectivity index (χ1) is 9.65. The number of hydrogen-bond donors (Lipinski definition) is 2. The third-order valence-corrected chi connectivity index (χ3v) is 2.66. The van der Waals surface area contributed by atoms with Crippen molar-refractivity contribution in [3.63, 3.8) is 0 Å². The third-order valence-electron chi connectivity index (χ3n) is 2.66. The molecule has 2 N–H and O–H groups in total. The number of carbonyl (C=O) groups excluding carboxylic acids is 2. The van der Waals surface area contributed by atoms with Crippen LogP contribution in [0.1, 0.15) is 12.0 Å². The van der Waals surface area contributed by atoms with Crippen molar-refractivity contribution in [2.75, 3.05) is 20.2 Å². The Morgan fingerprint density at radius 3 is 2.45 bits per heavy atom. The van der Waals surface area contributed by atoms with E-state index in [2.05, 4.69) is 17.2 Å². The largest absolute Gasteiger partial charge is 0.497 e. The van der Waals surface area contributed by atoms with Crippen LogP contribution in [-0.2, 0) is 16.0 Å². The molecule has 20 heavy (non-hydrogen) atoms. The van der Waals surface area contributed by atoms with Crippen LogP contribution in [0.3, 0.4) is 0 Å². The van der Waals surface area contributed by atoms with E-state index in [1.165, 1.54) is 0 Å². The van der Waals surface area contributed by atoms with E-state index in [0.29, 0.717) is 19.5 Å². The molecular weight excluding hydrogens is 256 g/mol. The van der Waals surface area contributed by atoms with Crippen molar-refractivity contribution < 1.29 is 14.3 Å². The number of benzene rings is 1. The molecule has 0 aromatic heterocycles. The molecule has 0 fully saturated rings. The molecular formula is C15H20N2O3. The van der Waals surface area contributed by atoms with Crippen LogP contribution in [0.25, 0.3) is 0 Å². The molecule has 1 aromatic rings. The van der Waals surface area contributed by atoms with E-state index in [9.17, 15) is 9.59 Å². The lowest BCUT2D eigenvalue weighted by Crippen LogP contribution is -2.32. The summed E-state index contributed by atoms with van der Waals surface area (Å²) < 4.78 is 5.07. The molecule has 0 saturated heterocycles. The molecule has 0 heterocycles. The minimum atomic E-state index is -0.299. The van der Waals surface area contributed by atoms with Gasteiger partial charge in [-0.2, -0.15) is 0 Å². The van der Waals surface area contributed by atoms with Gasteiger partial charge in [-0.05, 0) is 24.1 Å². The maximum Gasteiger partial charge on any atom is 0.229 e. The van der Waals surface area contributed by atoms with Crippen molar-refractivity contribution in [1.29, 1.82) is 0 Å². The SMILES string of the molecule is C=CCNC(=O)CC(=O)NCCc1ccc(OC)cc1. The monoisotopic (exact) mass is 276 g/mol. The van der Waals surface area contributed by atoms with Gasteiger partial charge in [-0.15, -0.1) is 6.58 Å². The fraction of sp³-hybridized carbons (Fsp3) is 0.333. The predicted molar refractivity (Wildman–Crippen MR) is 77.5 cm³/mol. The summed E-state index contributed by atoms with van der Waals surface area (Å²) in [4.78, 5) is 22.8. The Balaban J connectivity index is 2.23. The molecule has 108 valence electrons. The average Bonchev–Trinajstić information content (AvgIpc) is 2.45. The summed E-state index contributed by atoms with van der Waals surface area (Å²) in [5.41, 5.74) is 1.10. The molecule has 1 rings (SSSR count). The highest BCUT2D eigenvalue weighted by Gasteiger charge is 2.07. The van der Waals surface area contributed by atoms with Gasteiger partial charge in [0, 0.05) is 13.1 Å². The van der Waals surface area contributed by atoms with Gasteiger partial charge in [0.15, 0.2) is 0 Å². The van der Waals surface area contributed by atoms with Crippen LogP contribution in [-0.4, -0.2) is 32.0 Å². The lowest BCUT2D eigenvalue weighted by atomic mass is 10.1. The molecule has 0 radical (unpaired) electrons. The zero-order chi connectivity index (χ0) is 14.8. The number of hydrogen-bond acceptors (Lipinski definition) is 3. The first-order valence-corrected chi connectivity index (χ1v) is 6.43. The second-order valence-corrected chi connectivity index (χ2v) is 4.22. The van der Waals surface area contributed by atoms with Crippen LogP contribution in [0.15, 0.2) is 36.9 Å². The van der Waals surface area contributed by atoms with Crippen LogP contribution in [0.4, 0.5) is 0 Å². The van der Waals surface area contributed by atoms with Gasteiger partial charge in [0.1, 0.15) is 12.2 Å². The van der Waals surface area contributed by atoms with Gasteiger partial charge in [-0.1, -0.05) is 18.2 Å². The molecule has 1 aromatic carbocycles. The third kappa shape index (κ3) is 6.04. The van der Waals surface area contributed by atoms with Crippen LogP contribution < -0.4 is 15.4 Å². The van der Waals surface area contributed by atoms with Crippen molar-refractivity contribution in [2.24, 2.45) is 0 Å². The Morgan fingerprint density at radius 1 is 1.20 bits per heavy atom. The summed E-state index contributed by atoms with van der Waals surface area (Å²) in [6.45, 7) is 4.36. The summed E-state index contributed by atoms with van der Waals surface area (Å²) in [6.07, 6.45) is 2.12. The quantitative estimate of drug-likeness (QED) is 0.551. The number of rotatable bonds is 8. The van der Waals surface area contributed by atoms with Gasteiger partial charge in [-0.25, -0.2) is 0 Å². The lowest BCUT2D eigenvalue weighted by molar-refractivity contribution is -0.129. The van der Waals surface area contributed by atoms with E-state index in [4.69, 9.17) is 4.74 Å². The summed E-state index contributed by atoms with van der Waals surface area (Å²) in [5, 5.41) is 5.26. The number of carbonyl (C=O) groups is 2. The zero-order valence-corrected chi connectivity index (χ0v) is 11.6. The Hall–Kier alpha value is -2.30. The van der Waals surface area contributed by atoms with Gasteiger partial charge < -0.3 is 15.4 Å². The number of methoxy groups -OCH3 is 1. The highest BCUT2D eigenvalue weighted by molar-refractivity contribution is 5.96. The fourth-order valence-corrected chi connectivity index (χ4v) is 1.60. The van der Waals surface area contributed by atoms with Gasteiger partial charge in [0.25, 0.3) is 0 Å². The topological polar surface area (TPSA) is 67.4 Å². The van der Waals surface area contributed by atoms with E-state index < -0.39 is 0 Å². The highest BCUT2D eigenvalue weighted by Crippen LogP contribution is 2.11. The Bertz CT molecular complexity index is 455. The number of amides is 2. The minimum Gasteiger partial charge on any atom is -0.497 e. The summed E-state index contributed by atoms with van der Waals surface area (Å²) in [6, 6.07) is 7.64. The summed E-state index contributed by atoms with van der Waals surface area (Å²) in [7, 11) is 1.62. The van der Waals surface area contributed by atoms with Crippen LogP contribution in [0.2, 0.25) is 0 Å². The molecule has 0 unspecified atom stereocenters. The maximum atomic E-state index is 11.5. The molecule has 0 aliphatic heterocycles. The van der Waals surface area contributed by atoms with Crippen molar-refractivity contribution in [3.05, 3.63) is 42.5 Å². The molecule has 0 atom stereocenters. The summed E-state index contributed by atoms with van der Waals surface area (Å²) in [5.74, 6) is 0.226. The van der Waals surface area contributed by atoms with Gasteiger partial charge in [0.2, 0.25) is 11.8 Å². The van der Waals surface area contributed by atoms with E-state index >= 15 is 0 Å². The smallest absolute Gasteiger partial charge is 0.229 e. The van der Waals surface area contributed by atoms with Crippen LogP contribution in [0.5, 0.6) is 5.75 Å². The zero-order valence-electron chi connectivity index (χ0n) is 11.6. The first-order valence-electron chi connectivity index (χ1n) is 6.43. The van der Waals surface area contributed by atoms with Crippen molar-refractivity contribution in [3.8, 4) is 5.75 Å².